The van der Waals surface area contributed by atoms with Gasteiger partial charge in [-0.1, -0.05) is 40.9 Å². The van der Waals surface area contributed by atoms with Crippen molar-refractivity contribution in [2.45, 2.75) is 39.2 Å². The van der Waals surface area contributed by atoms with Gasteiger partial charge in [0.2, 0.25) is 0 Å². The van der Waals surface area contributed by atoms with Gasteiger partial charge in [0.05, 0.1) is 0 Å². The summed E-state index contributed by atoms with van der Waals surface area (Å²) in [6, 6.07) is 5.95. The van der Waals surface area contributed by atoms with Gasteiger partial charge in [-0.3, -0.25) is 0 Å². The molecule has 0 saturated heterocycles. The van der Waals surface area contributed by atoms with Crippen molar-refractivity contribution in [1.29, 1.82) is 0 Å². The van der Waals surface area contributed by atoms with Gasteiger partial charge in [0.15, 0.2) is 0 Å². The molecule has 1 fully saturated rings. The van der Waals surface area contributed by atoms with E-state index in [0.717, 1.165) is 22.6 Å². The molecule has 0 atom stereocenters. The second-order valence-electron chi connectivity index (χ2n) is 5.09. The second kappa shape index (κ2) is 5.73. The van der Waals surface area contributed by atoms with E-state index in [-0.39, 0.29) is 0 Å². The van der Waals surface area contributed by atoms with Crippen molar-refractivity contribution in [1.82, 2.24) is 5.32 Å². The highest BCUT2D eigenvalue weighted by molar-refractivity contribution is 9.10. The Bertz CT molecular complexity index is 388. The van der Waals surface area contributed by atoms with Crippen LogP contribution in [0.4, 0.5) is 0 Å². The molecule has 1 aromatic carbocycles. The van der Waals surface area contributed by atoms with Crippen LogP contribution < -0.4 is 5.32 Å². The van der Waals surface area contributed by atoms with Crippen LogP contribution in [-0.4, -0.2) is 6.54 Å². The highest BCUT2D eigenvalue weighted by atomic mass is 79.9. The lowest BCUT2D eigenvalue weighted by Gasteiger charge is -2.15. The first kappa shape index (κ1) is 13.4. The third-order valence-electron chi connectivity index (χ3n) is 3.56. The number of hydrogen-bond donors (Lipinski definition) is 1. The lowest BCUT2D eigenvalue weighted by Crippen LogP contribution is -2.23. The molecule has 0 radical (unpaired) electrons. The van der Waals surface area contributed by atoms with E-state index in [1.54, 1.807) is 0 Å². The lowest BCUT2D eigenvalue weighted by atomic mass is 10.0. The van der Waals surface area contributed by atoms with Crippen LogP contribution in [0.3, 0.4) is 0 Å². The van der Waals surface area contributed by atoms with E-state index < -0.39 is 0 Å². The zero-order valence-electron chi connectivity index (χ0n) is 10.2. The van der Waals surface area contributed by atoms with Crippen LogP contribution in [0, 0.1) is 5.41 Å². The molecule has 1 aromatic rings. The van der Waals surface area contributed by atoms with Crippen molar-refractivity contribution in [2.24, 2.45) is 5.41 Å². The average molecular weight is 317 g/mol. The standard InChI is InChI=1S/C14H19BrClN/c1-2-5-14(6-7-14)10-17-9-11-8-12(16)3-4-13(11)15/h3-4,8,17H,2,5-7,9-10H2,1H3. The van der Waals surface area contributed by atoms with E-state index in [4.69, 9.17) is 11.6 Å². The zero-order chi connectivity index (χ0) is 12.3. The topological polar surface area (TPSA) is 12.0 Å². The molecule has 0 amide bonds. The van der Waals surface area contributed by atoms with Gasteiger partial charge in [-0.05, 0) is 48.4 Å². The molecule has 94 valence electrons. The van der Waals surface area contributed by atoms with E-state index in [9.17, 15) is 0 Å². The van der Waals surface area contributed by atoms with E-state index in [1.807, 2.05) is 18.2 Å². The Kier molecular flexibility index (Phi) is 4.51. The SMILES string of the molecule is CCCC1(CNCc2cc(Cl)ccc2Br)CC1. The molecule has 2 rings (SSSR count). The molecule has 0 heterocycles. The van der Waals surface area contributed by atoms with E-state index >= 15 is 0 Å². The fourth-order valence-electron chi connectivity index (χ4n) is 2.36. The summed E-state index contributed by atoms with van der Waals surface area (Å²) in [5.41, 5.74) is 1.85. The number of nitrogens with one attached hydrogen (secondary N) is 1. The predicted molar refractivity (Wildman–Crippen MR) is 77.4 cm³/mol. The monoisotopic (exact) mass is 315 g/mol. The van der Waals surface area contributed by atoms with Crippen molar-refractivity contribution in [2.75, 3.05) is 6.54 Å². The lowest BCUT2D eigenvalue weighted by molar-refractivity contribution is 0.420. The second-order valence-corrected chi connectivity index (χ2v) is 6.38. The van der Waals surface area contributed by atoms with Gasteiger partial charge in [0.25, 0.3) is 0 Å². The van der Waals surface area contributed by atoms with Gasteiger partial charge in [-0.25, -0.2) is 0 Å². The largest absolute Gasteiger partial charge is 0.312 e. The first-order valence-corrected chi connectivity index (χ1v) is 7.47. The van der Waals surface area contributed by atoms with Crippen LogP contribution in [0.25, 0.3) is 0 Å². The summed E-state index contributed by atoms with van der Waals surface area (Å²) in [5.74, 6) is 0. The Labute approximate surface area is 117 Å². The third kappa shape index (κ3) is 3.70. The van der Waals surface area contributed by atoms with Crippen LogP contribution >= 0.6 is 27.5 Å². The zero-order valence-corrected chi connectivity index (χ0v) is 12.6. The number of benzene rings is 1. The van der Waals surface area contributed by atoms with Gasteiger partial charge < -0.3 is 5.32 Å². The summed E-state index contributed by atoms with van der Waals surface area (Å²) >= 11 is 9.56. The molecule has 3 heteroatoms. The van der Waals surface area contributed by atoms with Gasteiger partial charge in [0, 0.05) is 22.6 Å². The smallest absolute Gasteiger partial charge is 0.0410 e. The molecule has 0 spiro atoms. The highest BCUT2D eigenvalue weighted by Crippen LogP contribution is 2.48. The number of hydrogen-bond acceptors (Lipinski definition) is 1. The molecular weight excluding hydrogens is 298 g/mol. The Morgan fingerprint density at radius 2 is 2.18 bits per heavy atom. The quantitative estimate of drug-likeness (QED) is 0.797. The van der Waals surface area contributed by atoms with Crippen LogP contribution in [0.15, 0.2) is 22.7 Å². The number of halogens is 2. The minimum Gasteiger partial charge on any atom is -0.312 e. The molecule has 1 saturated carbocycles. The van der Waals surface area contributed by atoms with Gasteiger partial charge >= 0.3 is 0 Å². The maximum absolute atomic E-state index is 6.00. The van der Waals surface area contributed by atoms with Crippen molar-refractivity contribution >= 4 is 27.5 Å². The summed E-state index contributed by atoms with van der Waals surface area (Å²) in [7, 11) is 0. The van der Waals surface area contributed by atoms with E-state index in [0.29, 0.717) is 5.41 Å². The molecule has 0 unspecified atom stereocenters. The third-order valence-corrected chi connectivity index (χ3v) is 4.57. The fraction of sp³-hybridized carbons (Fsp3) is 0.571. The first-order chi connectivity index (χ1) is 8.15. The molecular formula is C14H19BrClN. The molecule has 1 aliphatic carbocycles. The Morgan fingerprint density at radius 3 is 2.82 bits per heavy atom. The minimum absolute atomic E-state index is 0.611. The van der Waals surface area contributed by atoms with E-state index in [1.165, 1.54) is 31.2 Å². The van der Waals surface area contributed by atoms with Gasteiger partial charge in [0.1, 0.15) is 0 Å². The summed E-state index contributed by atoms with van der Waals surface area (Å²) in [5, 5.41) is 4.37. The molecule has 1 nitrogen and oxygen atoms in total. The summed E-state index contributed by atoms with van der Waals surface area (Å²) in [6.45, 7) is 4.31. The van der Waals surface area contributed by atoms with Gasteiger partial charge in [-0.15, -0.1) is 0 Å². The van der Waals surface area contributed by atoms with Crippen molar-refractivity contribution in [3.05, 3.63) is 33.3 Å². The molecule has 17 heavy (non-hydrogen) atoms. The predicted octanol–water partition coefficient (Wildman–Crippen LogP) is 4.77. The van der Waals surface area contributed by atoms with Crippen LogP contribution in [-0.2, 0) is 6.54 Å². The molecule has 1 N–H and O–H groups in total. The van der Waals surface area contributed by atoms with Gasteiger partial charge in [-0.2, -0.15) is 0 Å². The minimum atomic E-state index is 0.611. The maximum atomic E-state index is 6.00. The summed E-state index contributed by atoms with van der Waals surface area (Å²) in [4.78, 5) is 0. The van der Waals surface area contributed by atoms with Crippen molar-refractivity contribution in [3.63, 3.8) is 0 Å². The molecule has 1 aliphatic rings. The summed E-state index contributed by atoms with van der Waals surface area (Å²) < 4.78 is 1.13. The fourth-order valence-corrected chi connectivity index (χ4v) is 2.94. The molecule has 0 aliphatic heterocycles. The average Bonchev–Trinajstić information content (AvgIpc) is 3.04. The van der Waals surface area contributed by atoms with Crippen LogP contribution in [0.5, 0.6) is 0 Å². The maximum Gasteiger partial charge on any atom is 0.0410 e. The number of rotatable bonds is 6. The van der Waals surface area contributed by atoms with Crippen molar-refractivity contribution in [3.8, 4) is 0 Å². The Morgan fingerprint density at radius 1 is 1.41 bits per heavy atom. The van der Waals surface area contributed by atoms with E-state index in [2.05, 4.69) is 28.2 Å². The Balaban J connectivity index is 1.84. The molecule has 0 bridgehead atoms. The van der Waals surface area contributed by atoms with Crippen LogP contribution in [0.1, 0.15) is 38.2 Å². The van der Waals surface area contributed by atoms with Crippen LogP contribution in [0.2, 0.25) is 5.02 Å². The summed E-state index contributed by atoms with van der Waals surface area (Å²) in [6.07, 6.45) is 5.44. The first-order valence-electron chi connectivity index (χ1n) is 6.30. The molecule has 0 aromatic heterocycles. The Hall–Kier alpha value is -0.0500. The normalized spacial score (nSPS) is 17.1. The highest BCUT2D eigenvalue weighted by Gasteiger charge is 2.40. The van der Waals surface area contributed by atoms with Crippen molar-refractivity contribution < 1.29 is 0 Å².